The van der Waals surface area contributed by atoms with Gasteiger partial charge in [0.1, 0.15) is 0 Å². The summed E-state index contributed by atoms with van der Waals surface area (Å²) in [7, 11) is 0. The largest absolute Gasteiger partial charge is 0.370 e. The molecule has 1 saturated carbocycles. The van der Waals surface area contributed by atoms with Crippen LogP contribution in [0.4, 0.5) is 0 Å². The monoisotopic (exact) mass is 152 g/mol. The Morgan fingerprint density at radius 1 is 1.09 bits per heavy atom. The molecule has 1 atom stereocenters. The fraction of sp³-hybridized carbons (Fsp3) is 0.800. The number of hydrogen-bond donors (Lipinski definition) is 0. The van der Waals surface area contributed by atoms with Crippen molar-refractivity contribution in [3.8, 4) is 0 Å². The van der Waals surface area contributed by atoms with Gasteiger partial charge in [-0.2, -0.15) is 0 Å². The van der Waals surface area contributed by atoms with Gasteiger partial charge in [0.2, 0.25) is 0 Å². The van der Waals surface area contributed by atoms with Gasteiger partial charge < -0.3 is 4.74 Å². The highest BCUT2D eigenvalue weighted by Gasteiger charge is 2.23. The molecule has 0 aromatic rings. The van der Waals surface area contributed by atoms with Crippen LogP contribution in [-0.4, -0.2) is 12.7 Å². The van der Waals surface area contributed by atoms with Crippen LogP contribution < -0.4 is 0 Å². The van der Waals surface area contributed by atoms with Crippen LogP contribution in [0.15, 0.2) is 12.2 Å². The minimum atomic E-state index is 0.468. The Kier molecular flexibility index (Phi) is 2.27. The number of rotatable bonds is 1. The lowest BCUT2D eigenvalue weighted by molar-refractivity contribution is 0.0649. The van der Waals surface area contributed by atoms with Crippen LogP contribution in [0, 0.1) is 5.92 Å². The van der Waals surface area contributed by atoms with Crippen molar-refractivity contribution in [1.29, 1.82) is 0 Å². The number of hydrogen-bond acceptors (Lipinski definition) is 1. The van der Waals surface area contributed by atoms with E-state index in [1.54, 1.807) is 0 Å². The minimum absolute atomic E-state index is 0.468. The van der Waals surface area contributed by atoms with Gasteiger partial charge in [-0.1, -0.05) is 31.4 Å². The molecule has 11 heavy (non-hydrogen) atoms. The molecule has 1 aliphatic carbocycles. The van der Waals surface area contributed by atoms with Gasteiger partial charge in [0.15, 0.2) is 0 Å². The SMILES string of the molecule is C1=CC(C2CCCCC2)OC1. The lowest BCUT2D eigenvalue weighted by atomic mass is 9.85. The van der Waals surface area contributed by atoms with Gasteiger partial charge in [-0.05, 0) is 18.8 Å². The average Bonchev–Trinajstić information content (AvgIpc) is 2.58. The zero-order chi connectivity index (χ0) is 7.52. The molecule has 0 bridgehead atoms. The molecular formula is C10H16O. The Morgan fingerprint density at radius 2 is 1.91 bits per heavy atom. The molecule has 0 N–H and O–H groups in total. The van der Waals surface area contributed by atoms with Gasteiger partial charge in [0.05, 0.1) is 12.7 Å². The summed E-state index contributed by atoms with van der Waals surface area (Å²) in [4.78, 5) is 0. The molecule has 2 aliphatic rings. The lowest BCUT2D eigenvalue weighted by Gasteiger charge is -2.25. The molecule has 1 unspecified atom stereocenters. The van der Waals surface area contributed by atoms with E-state index in [-0.39, 0.29) is 0 Å². The highest BCUT2D eigenvalue weighted by molar-refractivity contribution is 4.99. The van der Waals surface area contributed by atoms with Crippen LogP contribution in [0.25, 0.3) is 0 Å². The van der Waals surface area contributed by atoms with Crippen LogP contribution in [0.3, 0.4) is 0 Å². The molecule has 1 aliphatic heterocycles. The Hall–Kier alpha value is -0.300. The Morgan fingerprint density at radius 3 is 2.55 bits per heavy atom. The summed E-state index contributed by atoms with van der Waals surface area (Å²) in [6, 6.07) is 0. The minimum Gasteiger partial charge on any atom is -0.370 e. The second-order valence-corrected chi connectivity index (χ2v) is 3.62. The molecule has 0 saturated heterocycles. The van der Waals surface area contributed by atoms with Crippen molar-refractivity contribution in [2.75, 3.05) is 6.61 Å². The topological polar surface area (TPSA) is 9.23 Å². The first kappa shape index (κ1) is 7.35. The van der Waals surface area contributed by atoms with Crippen molar-refractivity contribution < 1.29 is 4.74 Å². The van der Waals surface area contributed by atoms with E-state index in [1.165, 1.54) is 32.1 Å². The van der Waals surface area contributed by atoms with E-state index in [2.05, 4.69) is 12.2 Å². The van der Waals surface area contributed by atoms with E-state index >= 15 is 0 Å². The molecule has 0 aromatic carbocycles. The van der Waals surface area contributed by atoms with Gasteiger partial charge >= 0.3 is 0 Å². The van der Waals surface area contributed by atoms with Crippen molar-refractivity contribution >= 4 is 0 Å². The predicted molar refractivity (Wildman–Crippen MR) is 45.5 cm³/mol. The van der Waals surface area contributed by atoms with Crippen molar-refractivity contribution in [3.63, 3.8) is 0 Å². The van der Waals surface area contributed by atoms with Gasteiger partial charge in [0, 0.05) is 0 Å². The van der Waals surface area contributed by atoms with E-state index in [9.17, 15) is 0 Å². The van der Waals surface area contributed by atoms with Crippen LogP contribution >= 0.6 is 0 Å². The lowest BCUT2D eigenvalue weighted by Crippen LogP contribution is -2.21. The smallest absolute Gasteiger partial charge is 0.0789 e. The summed E-state index contributed by atoms with van der Waals surface area (Å²) >= 11 is 0. The molecule has 1 nitrogen and oxygen atoms in total. The molecule has 0 spiro atoms. The average molecular weight is 152 g/mol. The molecule has 1 fully saturated rings. The zero-order valence-corrected chi connectivity index (χ0v) is 6.96. The molecule has 0 radical (unpaired) electrons. The van der Waals surface area contributed by atoms with E-state index in [4.69, 9.17) is 4.74 Å². The Balaban J connectivity index is 1.87. The second-order valence-electron chi connectivity index (χ2n) is 3.62. The highest BCUT2D eigenvalue weighted by Crippen LogP contribution is 2.29. The quantitative estimate of drug-likeness (QED) is 0.525. The Bertz CT molecular complexity index is 145. The molecule has 1 heterocycles. The fourth-order valence-corrected chi connectivity index (χ4v) is 2.17. The summed E-state index contributed by atoms with van der Waals surface area (Å²) in [5.41, 5.74) is 0. The van der Waals surface area contributed by atoms with Crippen molar-refractivity contribution in [2.24, 2.45) is 5.92 Å². The summed E-state index contributed by atoms with van der Waals surface area (Å²) in [5, 5.41) is 0. The first-order chi connectivity index (χ1) is 5.47. The van der Waals surface area contributed by atoms with Crippen LogP contribution in [0.1, 0.15) is 32.1 Å². The van der Waals surface area contributed by atoms with Gasteiger partial charge in [-0.3, -0.25) is 0 Å². The van der Waals surface area contributed by atoms with Crippen molar-refractivity contribution in [2.45, 2.75) is 38.2 Å². The molecular weight excluding hydrogens is 136 g/mol. The molecule has 1 heteroatoms. The van der Waals surface area contributed by atoms with Gasteiger partial charge in [-0.15, -0.1) is 0 Å². The van der Waals surface area contributed by atoms with E-state index < -0.39 is 0 Å². The maximum absolute atomic E-state index is 5.58. The van der Waals surface area contributed by atoms with Gasteiger partial charge in [0.25, 0.3) is 0 Å². The van der Waals surface area contributed by atoms with E-state index in [0.29, 0.717) is 6.10 Å². The molecule has 0 amide bonds. The molecule has 2 rings (SSSR count). The standard InChI is InChI=1S/C10H16O/c1-2-5-9(6-3-1)10-7-4-8-11-10/h4,7,9-10H,1-3,5-6,8H2. The normalized spacial score (nSPS) is 32.9. The van der Waals surface area contributed by atoms with Crippen LogP contribution in [0.5, 0.6) is 0 Å². The van der Waals surface area contributed by atoms with Crippen molar-refractivity contribution in [3.05, 3.63) is 12.2 Å². The highest BCUT2D eigenvalue weighted by atomic mass is 16.5. The maximum atomic E-state index is 5.58. The summed E-state index contributed by atoms with van der Waals surface area (Å²) < 4.78 is 5.58. The van der Waals surface area contributed by atoms with Crippen molar-refractivity contribution in [1.82, 2.24) is 0 Å². The molecule has 0 aromatic heterocycles. The van der Waals surface area contributed by atoms with E-state index in [0.717, 1.165) is 12.5 Å². The maximum Gasteiger partial charge on any atom is 0.0789 e. The van der Waals surface area contributed by atoms with Crippen LogP contribution in [-0.2, 0) is 4.74 Å². The zero-order valence-electron chi connectivity index (χ0n) is 6.96. The fourth-order valence-electron chi connectivity index (χ4n) is 2.17. The second kappa shape index (κ2) is 3.40. The molecule has 62 valence electrons. The third-order valence-corrected chi connectivity index (χ3v) is 2.83. The first-order valence-corrected chi connectivity index (χ1v) is 4.75. The summed E-state index contributed by atoms with van der Waals surface area (Å²) in [5.74, 6) is 0.836. The number of ether oxygens (including phenoxy) is 1. The van der Waals surface area contributed by atoms with E-state index in [1.807, 2.05) is 0 Å². The van der Waals surface area contributed by atoms with Crippen LogP contribution in [0.2, 0.25) is 0 Å². The third-order valence-electron chi connectivity index (χ3n) is 2.83. The predicted octanol–water partition coefficient (Wildman–Crippen LogP) is 2.52. The Labute approximate surface area is 68.4 Å². The third kappa shape index (κ3) is 1.64. The summed E-state index contributed by atoms with van der Waals surface area (Å²) in [6.45, 7) is 0.848. The summed E-state index contributed by atoms with van der Waals surface area (Å²) in [6.07, 6.45) is 11.9. The van der Waals surface area contributed by atoms with Gasteiger partial charge in [-0.25, -0.2) is 0 Å². The first-order valence-electron chi connectivity index (χ1n) is 4.75.